The number of allylic oxidation sites excluding steroid dienone is 20. The normalized spacial score (nSPS) is 14.9. The molecular formula is C73H124O16P2. The van der Waals surface area contributed by atoms with Gasteiger partial charge in [0.05, 0.1) is 26.4 Å². The second-order valence-corrected chi connectivity index (χ2v) is 25.8. The molecule has 0 aromatic rings. The van der Waals surface area contributed by atoms with Gasteiger partial charge in [-0.25, -0.2) is 9.13 Å². The first-order valence-electron chi connectivity index (χ1n) is 34.8. The molecule has 0 bridgehead atoms. The molecule has 0 aliphatic rings. The third-order valence-corrected chi connectivity index (χ3v) is 16.0. The summed E-state index contributed by atoms with van der Waals surface area (Å²) >= 11 is 0. The van der Waals surface area contributed by atoms with Crippen LogP contribution in [0.25, 0.3) is 0 Å². The predicted molar refractivity (Wildman–Crippen MR) is 371 cm³/mol. The Morgan fingerprint density at radius 2 is 0.582 bits per heavy atom. The van der Waals surface area contributed by atoms with Crippen molar-refractivity contribution in [1.82, 2.24) is 0 Å². The fourth-order valence-electron chi connectivity index (χ4n) is 8.81. The summed E-state index contributed by atoms with van der Waals surface area (Å²) in [7, 11) is -9.79. The molecule has 0 radical (unpaired) electrons. The second-order valence-electron chi connectivity index (χ2n) is 22.9. The second kappa shape index (κ2) is 66.0. The van der Waals surface area contributed by atoms with Crippen LogP contribution >= 0.6 is 15.6 Å². The van der Waals surface area contributed by atoms with Gasteiger partial charge in [-0.05, 0) is 135 Å². The summed E-state index contributed by atoms with van der Waals surface area (Å²) in [5.41, 5.74) is 0. The first kappa shape index (κ1) is 87.0. The number of unbranched alkanes of at least 4 members (excludes halogenated alkanes) is 22. The monoisotopic (exact) mass is 1320 g/mol. The van der Waals surface area contributed by atoms with Crippen LogP contribution in [0.2, 0.25) is 0 Å². The van der Waals surface area contributed by atoms with E-state index < -0.39 is 91.5 Å². The number of rotatable bonds is 65. The molecular weight excluding hydrogens is 1190 g/mol. The Kier molecular flexibility index (Phi) is 63.1. The van der Waals surface area contributed by atoms with Crippen molar-refractivity contribution in [3.63, 3.8) is 0 Å². The van der Waals surface area contributed by atoms with E-state index in [9.17, 15) is 43.5 Å². The highest BCUT2D eigenvalue weighted by atomic mass is 31.2. The molecule has 0 saturated heterocycles. The van der Waals surface area contributed by atoms with E-state index >= 15 is 0 Å². The number of carbonyl (C=O) groups excluding carboxylic acids is 3. The third-order valence-electron chi connectivity index (χ3n) is 14.1. The molecule has 0 aromatic heterocycles. The zero-order chi connectivity index (χ0) is 66.7. The summed E-state index contributed by atoms with van der Waals surface area (Å²) in [6.07, 6.45) is 75.3. The van der Waals surface area contributed by atoms with E-state index in [1.807, 2.05) is 0 Å². The molecule has 0 rings (SSSR count). The SMILES string of the molecule is CC/C=C\C/C=C\C/C=C\C/C=C\C/C=C\C/C=C\CCCCCCC(=O)OCC(O)COP(=O)(O)OCC(O)COP(=O)(O)OCC(COC(=O)CCCCCCCC/C=C\C/C=C\C/C=C\CCCCC)OC(=O)CCCCCCC/C=C\CCCCCC. The summed E-state index contributed by atoms with van der Waals surface area (Å²) in [5, 5.41) is 20.5. The van der Waals surface area contributed by atoms with Crippen LogP contribution in [0.15, 0.2) is 122 Å². The lowest BCUT2D eigenvalue weighted by Crippen LogP contribution is -2.30. The molecule has 5 atom stereocenters. The maximum Gasteiger partial charge on any atom is 0.472 e. The highest BCUT2D eigenvalue weighted by molar-refractivity contribution is 7.47. The zero-order valence-electron chi connectivity index (χ0n) is 56.5. The average Bonchev–Trinajstić information content (AvgIpc) is 3.74. The standard InChI is InChI=1S/C73H124O16P2/c1-4-7-10-13-16-19-22-25-27-29-31-32-33-34-36-38-39-42-44-47-50-53-56-59-71(76)83-62-68(74)63-85-90(79,80)86-64-69(75)65-87-91(81,82)88-67-70(89-73(78)61-58-55-52-49-46-41-24-21-18-15-12-9-6-3)66-84-72(77)60-57-54-51-48-45-43-40-37-35-30-28-26-23-20-17-14-11-8-5-2/h7,10,16-17,19-21,24-28,31-32,34-37,39,42,68-70,74-75H,4-6,8-9,11-15,18,22-23,29-30,33,38,40-41,43-67H2,1-3H3,(H,79,80)(H,81,82)/b10-7-,19-16-,20-17-,24-21-,27-25-,28-26-,32-31-,36-34-,37-35-,42-39-. The van der Waals surface area contributed by atoms with Crippen molar-refractivity contribution in [3.05, 3.63) is 122 Å². The number of phosphoric ester groups is 2. The molecule has 5 unspecified atom stereocenters. The van der Waals surface area contributed by atoms with Gasteiger partial charge in [-0.3, -0.25) is 32.5 Å². The Labute approximate surface area is 551 Å². The van der Waals surface area contributed by atoms with Gasteiger partial charge in [-0.15, -0.1) is 0 Å². The van der Waals surface area contributed by atoms with Crippen LogP contribution in [-0.2, 0) is 55.8 Å². The van der Waals surface area contributed by atoms with Gasteiger partial charge in [0, 0.05) is 19.3 Å². The van der Waals surface area contributed by atoms with Gasteiger partial charge < -0.3 is 34.2 Å². The van der Waals surface area contributed by atoms with Crippen LogP contribution in [0.1, 0.15) is 265 Å². The summed E-state index contributed by atoms with van der Waals surface area (Å²) in [6.45, 7) is 2.45. The minimum Gasteiger partial charge on any atom is -0.463 e. The highest BCUT2D eigenvalue weighted by Gasteiger charge is 2.29. The lowest BCUT2D eigenvalue weighted by atomic mass is 10.1. The minimum atomic E-state index is -4.93. The van der Waals surface area contributed by atoms with Crippen LogP contribution in [0, 0.1) is 0 Å². The quantitative estimate of drug-likeness (QED) is 0.0146. The molecule has 18 heteroatoms. The Bertz CT molecular complexity index is 2140. The van der Waals surface area contributed by atoms with Crippen molar-refractivity contribution >= 4 is 33.6 Å². The van der Waals surface area contributed by atoms with Crippen molar-refractivity contribution in [2.45, 2.75) is 283 Å². The van der Waals surface area contributed by atoms with Gasteiger partial charge in [0.1, 0.15) is 25.4 Å². The number of phosphoric acid groups is 2. The maximum atomic E-state index is 12.9. The summed E-state index contributed by atoms with van der Waals surface area (Å²) in [5.74, 6) is -1.63. The topological polar surface area (TPSA) is 231 Å². The van der Waals surface area contributed by atoms with Crippen molar-refractivity contribution < 1.29 is 75.8 Å². The third kappa shape index (κ3) is 67.2. The summed E-state index contributed by atoms with van der Waals surface area (Å²) in [6, 6.07) is 0. The van der Waals surface area contributed by atoms with E-state index in [4.69, 9.17) is 32.3 Å². The number of aliphatic hydroxyl groups is 2. The largest absolute Gasteiger partial charge is 0.472 e. The van der Waals surface area contributed by atoms with Gasteiger partial charge in [-0.1, -0.05) is 232 Å². The number of esters is 3. The summed E-state index contributed by atoms with van der Waals surface area (Å²) < 4.78 is 60.9. The van der Waals surface area contributed by atoms with E-state index in [2.05, 4.69) is 142 Å². The fourth-order valence-corrected chi connectivity index (χ4v) is 10.4. The van der Waals surface area contributed by atoms with Crippen LogP contribution in [0.4, 0.5) is 0 Å². The predicted octanol–water partition coefficient (Wildman–Crippen LogP) is 19.4. The summed E-state index contributed by atoms with van der Waals surface area (Å²) in [4.78, 5) is 58.4. The first-order chi connectivity index (χ1) is 44.2. The van der Waals surface area contributed by atoms with Crippen molar-refractivity contribution in [3.8, 4) is 0 Å². The lowest BCUT2D eigenvalue weighted by Gasteiger charge is -2.21. The van der Waals surface area contributed by atoms with Crippen molar-refractivity contribution in [2.75, 3.05) is 39.6 Å². The molecule has 0 spiro atoms. The van der Waals surface area contributed by atoms with Crippen LogP contribution in [0.5, 0.6) is 0 Å². The van der Waals surface area contributed by atoms with Crippen LogP contribution in [0.3, 0.4) is 0 Å². The number of ether oxygens (including phenoxy) is 3. The first-order valence-corrected chi connectivity index (χ1v) is 37.8. The molecule has 91 heavy (non-hydrogen) atoms. The van der Waals surface area contributed by atoms with Gasteiger partial charge in [0.15, 0.2) is 6.10 Å². The molecule has 0 saturated carbocycles. The molecule has 0 heterocycles. The maximum absolute atomic E-state index is 12.9. The number of aliphatic hydroxyl groups excluding tert-OH is 2. The fraction of sp³-hybridized carbons (Fsp3) is 0.685. The Hall–Kier alpha value is -4.05. The molecule has 4 N–H and O–H groups in total. The van der Waals surface area contributed by atoms with E-state index in [1.165, 1.54) is 44.9 Å². The number of hydrogen-bond donors (Lipinski definition) is 4. The smallest absolute Gasteiger partial charge is 0.463 e. The molecule has 0 aromatic carbocycles. The van der Waals surface area contributed by atoms with E-state index in [1.54, 1.807) is 0 Å². The number of hydrogen-bond acceptors (Lipinski definition) is 14. The van der Waals surface area contributed by atoms with Crippen molar-refractivity contribution in [1.29, 1.82) is 0 Å². The van der Waals surface area contributed by atoms with Crippen LogP contribution in [-0.4, -0.2) is 95.9 Å². The van der Waals surface area contributed by atoms with E-state index in [0.717, 1.165) is 161 Å². The van der Waals surface area contributed by atoms with E-state index in [0.29, 0.717) is 19.3 Å². The molecule has 16 nitrogen and oxygen atoms in total. The molecule has 522 valence electrons. The Morgan fingerprint density at radius 3 is 0.956 bits per heavy atom. The van der Waals surface area contributed by atoms with Gasteiger partial charge in [-0.2, -0.15) is 0 Å². The van der Waals surface area contributed by atoms with Gasteiger partial charge in [0.2, 0.25) is 0 Å². The number of carbonyl (C=O) groups is 3. The molecule has 0 aliphatic heterocycles. The molecule has 0 amide bonds. The lowest BCUT2D eigenvalue weighted by molar-refractivity contribution is -0.161. The zero-order valence-corrected chi connectivity index (χ0v) is 58.3. The highest BCUT2D eigenvalue weighted by Crippen LogP contribution is 2.45. The average molecular weight is 1320 g/mol. The minimum absolute atomic E-state index is 0.0888. The Balaban J connectivity index is 4.65. The van der Waals surface area contributed by atoms with Gasteiger partial charge in [0.25, 0.3) is 0 Å². The van der Waals surface area contributed by atoms with Gasteiger partial charge >= 0.3 is 33.6 Å². The van der Waals surface area contributed by atoms with Crippen molar-refractivity contribution in [2.24, 2.45) is 0 Å². The molecule has 0 fully saturated rings. The molecule has 0 aliphatic carbocycles. The Morgan fingerprint density at radius 1 is 0.319 bits per heavy atom. The van der Waals surface area contributed by atoms with Crippen LogP contribution < -0.4 is 0 Å². The van der Waals surface area contributed by atoms with E-state index in [-0.39, 0.29) is 19.3 Å².